The molecule has 6 rings (SSSR count). The second-order valence-electron chi connectivity index (χ2n) is 11.5. The second kappa shape index (κ2) is 13.8. The number of para-hydroxylation sites is 1. The maximum absolute atomic E-state index is 14.8. The van der Waals surface area contributed by atoms with E-state index in [2.05, 4.69) is 25.3 Å². The van der Waals surface area contributed by atoms with E-state index >= 15 is 0 Å². The van der Waals surface area contributed by atoms with E-state index in [-0.39, 0.29) is 51.7 Å². The third-order valence-electron chi connectivity index (χ3n) is 7.35. The van der Waals surface area contributed by atoms with Crippen molar-refractivity contribution in [3.8, 4) is 28.5 Å². The average Bonchev–Trinajstić information content (AvgIpc) is 3.78. The van der Waals surface area contributed by atoms with Crippen LogP contribution in [0.5, 0.6) is 5.75 Å². The van der Waals surface area contributed by atoms with Crippen LogP contribution < -0.4 is 9.61 Å². The Kier molecular flexibility index (Phi) is 9.63. The number of hydrogen-bond donors (Lipinski definition) is 1. The van der Waals surface area contributed by atoms with Gasteiger partial charge in [0.2, 0.25) is 6.39 Å². The number of halogens is 5. The molecule has 2 atom stereocenters. The van der Waals surface area contributed by atoms with E-state index in [0.717, 1.165) is 6.39 Å². The minimum Gasteiger partial charge on any atom is -0.462 e. The molecule has 18 heteroatoms. The fraction of sp³-hybridized carbons (Fsp3) is 0.242. The highest BCUT2D eigenvalue weighted by molar-refractivity contribution is 7.52. The second-order valence-corrected chi connectivity index (χ2v) is 13.2. The minimum absolute atomic E-state index is 0.000482. The molecular weight excluding hydrogens is 702 g/mol. The maximum Gasteiger partial charge on any atom is 0.459 e. The van der Waals surface area contributed by atoms with Crippen molar-refractivity contribution in [2.45, 2.75) is 51.6 Å². The zero-order valence-corrected chi connectivity index (χ0v) is 27.9. The average molecular weight is 731 g/mol. The molecule has 0 amide bonds. The lowest BCUT2D eigenvalue weighted by molar-refractivity contribution is -0.290. The van der Waals surface area contributed by atoms with Gasteiger partial charge in [0.25, 0.3) is 5.89 Å². The van der Waals surface area contributed by atoms with Crippen molar-refractivity contribution in [3.63, 3.8) is 0 Å². The largest absolute Gasteiger partial charge is 0.462 e. The standard InChI is InChI=1S/C33H28F5N6O6P/c1-19(2)49-31(45)20(3)43-51(46,50-23-7-5-4-6-8-23)48-17-21-9-11-22(12-10-21)25-15-27(32(34,35)33(36,37)38)41-29-24(25)13-14-28-40-26(16-44(28)29)30-42-39-18-47-30/h4-16,18-20H,17H2,1-3H3,(H,43,46)/t20-,51-/m0/s1. The number of aromatic nitrogens is 5. The number of esters is 1. The zero-order valence-electron chi connectivity index (χ0n) is 27.0. The fourth-order valence-electron chi connectivity index (χ4n) is 4.94. The van der Waals surface area contributed by atoms with Crippen LogP contribution in [0.15, 0.2) is 89.8 Å². The first kappa shape index (κ1) is 35.6. The Morgan fingerprint density at radius 1 is 0.980 bits per heavy atom. The molecule has 0 bridgehead atoms. The number of carbonyl (C=O) groups is 1. The first-order valence-electron chi connectivity index (χ1n) is 15.2. The van der Waals surface area contributed by atoms with Crippen LogP contribution in [-0.4, -0.2) is 48.9 Å². The van der Waals surface area contributed by atoms with E-state index in [1.165, 1.54) is 53.9 Å². The Morgan fingerprint density at radius 3 is 2.35 bits per heavy atom. The lowest BCUT2D eigenvalue weighted by Gasteiger charge is -2.23. The molecule has 0 fully saturated rings. The van der Waals surface area contributed by atoms with Gasteiger partial charge in [0.1, 0.15) is 34.5 Å². The molecule has 0 aliphatic carbocycles. The third-order valence-corrected chi connectivity index (χ3v) is 8.97. The van der Waals surface area contributed by atoms with Crippen LogP contribution in [0.1, 0.15) is 32.0 Å². The quantitative estimate of drug-likeness (QED) is 0.0746. The summed E-state index contributed by atoms with van der Waals surface area (Å²) in [5, 5.41) is 10.2. The number of imidazole rings is 1. The molecule has 0 saturated heterocycles. The number of alkyl halides is 5. The Balaban J connectivity index is 1.34. The van der Waals surface area contributed by atoms with E-state index < -0.39 is 43.7 Å². The van der Waals surface area contributed by atoms with Crippen molar-refractivity contribution in [3.05, 3.63) is 96.6 Å². The van der Waals surface area contributed by atoms with Gasteiger partial charge in [-0.1, -0.05) is 42.5 Å². The Labute approximate surface area is 286 Å². The summed E-state index contributed by atoms with van der Waals surface area (Å²) in [6.07, 6.45) is -3.97. The van der Waals surface area contributed by atoms with E-state index in [1.807, 2.05) is 0 Å². The number of ether oxygens (including phenoxy) is 1. The topological polar surface area (TPSA) is 143 Å². The third kappa shape index (κ3) is 7.60. The van der Waals surface area contributed by atoms with Crippen LogP contribution in [0, 0.1) is 0 Å². The smallest absolute Gasteiger partial charge is 0.459 e. The molecule has 0 unspecified atom stereocenters. The molecule has 0 radical (unpaired) electrons. The summed E-state index contributed by atoms with van der Waals surface area (Å²) < 4.78 is 107. The van der Waals surface area contributed by atoms with Crippen molar-refractivity contribution >= 4 is 30.4 Å². The van der Waals surface area contributed by atoms with Crippen molar-refractivity contribution in [1.82, 2.24) is 29.7 Å². The fourth-order valence-corrected chi connectivity index (χ4v) is 6.41. The van der Waals surface area contributed by atoms with E-state index in [0.29, 0.717) is 11.6 Å². The van der Waals surface area contributed by atoms with Gasteiger partial charge in [0.05, 0.1) is 12.7 Å². The highest BCUT2D eigenvalue weighted by Gasteiger charge is 2.60. The summed E-state index contributed by atoms with van der Waals surface area (Å²) in [7, 11) is -4.22. The number of nitrogens with zero attached hydrogens (tertiary/aromatic N) is 5. The molecule has 0 saturated carbocycles. The predicted molar refractivity (Wildman–Crippen MR) is 172 cm³/mol. The predicted octanol–water partition coefficient (Wildman–Crippen LogP) is 7.89. The van der Waals surface area contributed by atoms with Gasteiger partial charge in [-0.25, -0.2) is 14.5 Å². The number of carbonyl (C=O) groups excluding carboxylic acids is 1. The van der Waals surface area contributed by atoms with Gasteiger partial charge >= 0.3 is 25.8 Å². The molecule has 51 heavy (non-hydrogen) atoms. The van der Waals surface area contributed by atoms with Crippen LogP contribution in [-0.2, 0) is 31.1 Å². The number of rotatable bonds is 12. The summed E-state index contributed by atoms with van der Waals surface area (Å²) in [5.41, 5.74) is -0.736. The van der Waals surface area contributed by atoms with E-state index in [4.69, 9.17) is 18.2 Å². The van der Waals surface area contributed by atoms with Crippen molar-refractivity contribution in [2.24, 2.45) is 0 Å². The first-order chi connectivity index (χ1) is 24.1. The van der Waals surface area contributed by atoms with Gasteiger partial charge < -0.3 is 13.7 Å². The Morgan fingerprint density at radius 2 is 1.71 bits per heavy atom. The highest BCUT2D eigenvalue weighted by Crippen LogP contribution is 2.47. The van der Waals surface area contributed by atoms with Gasteiger partial charge in [-0.2, -0.15) is 27.0 Å². The van der Waals surface area contributed by atoms with Gasteiger partial charge in [-0.05, 0) is 67.8 Å². The lowest BCUT2D eigenvalue weighted by atomic mass is 9.99. The highest BCUT2D eigenvalue weighted by atomic mass is 31.2. The van der Waals surface area contributed by atoms with Gasteiger partial charge in [-0.15, -0.1) is 10.2 Å². The molecule has 0 aliphatic rings. The number of fused-ring (bicyclic) bond motifs is 3. The molecular formula is C33H28F5N6O6P. The molecule has 4 heterocycles. The number of benzene rings is 2. The van der Waals surface area contributed by atoms with Gasteiger partial charge in [0, 0.05) is 11.6 Å². The van der Waals surface area contributed by atoms with Crippen LogP contribution in [0.3, 0.4) is 0 Å². The summed E-state index contributed by atoms with van der Waals surface area (Å²) in [4.78, 5) is 20.5. The maximum atomic E-state index is 14.8. The molecule has 2 aromatic carbocycles. The summed E-state index contributed by atoms with van der Waals surface area (Å²) >= 11 is 0. The van der Waals surface area contributed by atoms with Crippen molar-refractivity contribution in [2.75, 3.05) is 0 Å². The first-order valence-corrected chi connectivity index (χ1v) is 16.8. The Hall–Kier alpha value is -5.25. The van der Waals surface area contributed by atoms with E-state index in [1.54, 1.807) is 44.2 Å². The lowest BCUT2D eigenvalue weighted by Crippen LogP contribution is -2.36. The van der Waals surface area contributed by atoms with Gasteiger partial charge in [-0.3, -0.25) is 13.7 Å². The van der Waals surface area contributed by atoms with Crippen LogP contribution >= 0.6 is 7.75 Å². The molecule has 0 aliphatic heterocycles. The Bertz CT molecular complexity index is 2210. The summed E-state index contributed by atoms with van der Waals surface area (Å²) in [6.45, 7) is 4.44. The minimum atomic E-state index is -5.93. The monoisotopic (exact) mass is 730 g/mol. The van der Waals surface area contributed by atoms with Crippen LogP contribution in [0.25, 0.3) is 39.4 Å². The van der Waals surface area contributed by atoms with Crippen LogP contribution in [0.2, 0.25) is 0 Å². The zero-order chi connectivity index (χ0) is 36.6. The molecule has 1 N–H and O–H groups in total. The molecule has 4 aromatic heterocycles. The molecule has 6 aromatic rings. The van der Waals surface area contributed by atoms with E-state index in [9.17, 15) is 31.3 Å². The van der Waals surface area contributed by atoms with Crippen molar-refractivity contribution in [1.29, 1.82) is 0 Å². The molecule has 0 spiro atoms. The number of hydrogen-bond acceptors (Lipinski definition) is 10. The summed E-state index contributed by atoms with van der Waals surface area (Å²) in [5.74, 6) is -5.79. The number of nitrogens with one attached hydrogen (secondary N) is 1. The van der Waals surface area contributed by atoms with Crippen molar-refractivity contribution < 1.29 is 49.5 Å². The molecule has 12 nitrogen and oxygen atoms in total. The molecule has 266 valence electrons. The van der Waals surface area contributed by atoms with Crippen LogP contribution in [0.4, 0.5) is 22.0 Å². The normalized spacial score (nSPS) is 14.1. The van der Waals surface area contributed by atoms with Gasteiger partial charge in [0.15, 0.2) is 0 Å². The summed E-state index contributed by atoms with van der Waals surface area (Å²) in [6, 6.07) is 16.7. The number of pyridine rings is 2. The SMILES string of the molecule is CC(C)OC(=O)[C@H](C)N[P@](=O)(OCc1ccc(-c2cc(C(F)(F)C(F)(F)F)nc3c2ccc2nc(-c4nnco4)cn23)cc1)Oc1ccccc1.